The van der Waals surface area contributed by atoms with Gasteiger partial charge in [0.05, 0.1) is 12.4 Å². The average molecular weight is 349 g/mol. The SMILES string of the molecule is C[C@H](O)C[C@@H](CNC(=O)c1occc1-c1ccccc1)c1ccccc1. The standard InChI is InChI=1S/C22H23NO3/c1-16(24)14-19(17-8-4-2-5-9-17)15-23-22(25)21-20(12-13-26-21)18-10-6-3-7-11-18/h2-13,16,19,24H,14-15H2,1H3,(H,23,25)/t16-,19-/m0/s1. The molecule has 0 radical (unpaired) electrons. The van der Waals surface area contributed by atoms with E-state index in [1.807, 2.05) is 60.7 Å². The maximum atomic E-state index is 12.7. The summed E-state index contributed by atoms with van der Waals surface area (Å²) in [4.78, 5) is 12.7. The summed E-state index contributed by atoms with van der Waals surface area (Å²) in [5.74, 6) is 0.0933. The zero-order valence-corrected chi connectivity index (χ0v) is 14.8. The molecule has 0 aliphatic heterocycles. The van der Waals surface area contributed by atoms with Gasteiger partial charge >= 0.3 is 0 Å². The average Bonchev–Trinajstić information content (AvgIpc) is 3.16. The van der Waals surface area contributed by atoms with Crippen molar-refractivity contribution in [1.29, 1.82) is 0 Å². The molecule has 0 fully saturated rings. The molecule has 3 aromatic rings. The van der Waals surface area contributed by atoms with Crippen molar-refractivity contribution in [3.63, 3.8) is 0 Å². The first-order chi connectivity index (χ1) is 12.6. The van der Waals surface area contributed by atoms with E-state index < -0.39 is 6.10 Å². The van der Waals surface area contributed by atoms with E-state index in [1.165, 1.54) is 6.26 Å². The van der Waals surface area contributed by atoms with E-state index in [-0.39, 0.29) is 11.8 Å². The zero-order chi connectivity index (χ0) is 18.4. The van der Waals surface area contributed by atoms with Crippen LogP contribution in [0.15, 0.2) is 77.4 Å². The number of hydrogen-bond acceptors (Lipinski definition) is 3. The molecule has 2 aromatic carbocycles. The number of aliphatic hydroxyl groups is 1. The summed E-state index contributed by atoms with van der Waals surface area (Å²) in [6, 6.07) is 21.4. The molecule has 0 aliphatic carbocycles. The third-order valence-electron chi connectivity index (χ3n) is 4.36. The van der Waals surface area contributed by atoms with Gasteiger partial charge in [-0.2, -0.15) is 0 Å². The lowest BCUT2D eigenvalue weighted by Gasteiger charge is -2.19. The Morgan fingerprint density at radius 2 is 1.69 bits per heavy atom. The molecule has 0 saturated heterocycles. The second-order valence-corrected chi connectivity index (χ2v) is 6.43. The minimum absolute atomic E-state index is 0.0373. The van der Waals surface area contributed by atoms with Crippen LogP contribution in [-0.4, -0.2) is 23.7 Å². The van der Waals surface area contributed by atoms with Gasteiger partial charge in [0.1, 0.15) is 0 Å². The Balaban J connectivity index is 1.73. The van der Waals surface area contributed by atoms with Gasteiger partial charge in [0.2, 0.25) is 0 Å². The molecule has 0 unspecified atom stereocenters. The first kappa shape index (κ1) is 18.0. The second kappa shape index (κ2) is 8.50. The number of amides is 1. The molecule has 134 valence electrons. The molecule has 0 spiro atoms. The zero-order valence-electron chi connectivity index (χ0n) is 14.8. The number of nitrogens with one attached hydrogen (secondary N) is 1. The van der Waals surface area contributed by atoms with Crippen LogP contribution in [-0.2, 0) is 0 Å². The largest absolute Gasteiger partial charge is 0.459 e. The summed E-state index contributed by atoms with van der Waals surface area (Å²) in [6.07, 6.45) is 1.66. The van der Waals surface area contributed by atoms with Gasteiger partial charge in [-0.15, -0.1) is 0 Å². The Bertz CT molecular complexity index is 825. The minimum atomic E-state index is -0.444. The quantitative estimate of drug-likeness (QED) is 0.671. The highest BCUT2D eigenvalue weighted by Gasteiger charge is 2.20. The predicted octanol–water partition coefficient (Wildman–Crippen LogP) is 4.23. The molecule has 0 saturated carbocycles. The molecule has 4 heteroatoms. The van der Waals surface area contributed by atoms with E-state index in [2.05, 4.69) is 5.32 Å². The molecule has 0 aliphatic rings. The second-order valence-electron chi connectivity index (χ2n) is 6.43. The molecule has 0 bridgehead atoms. The molecule has 1 amide bonds. The first-order valence-electron chi connectivity index (χ1n) is 8.79. The molecule has 3 rings (SSSR count). The van der Waals surface area contributed by atoms with Crippen molar-refractivity contribution in [2.24, 2.45) is 0 Å². The van der Waals surface area contributed by atoms with Crippen molar-refractivity contribution >= 4 is 5.91 Å². The summed E-state index contributed by atoms with van der Waals surface area (Å²) in [5, 5.41) is 12.8. The Labute approximate surface area is 153 Å². The normalized spacial score (nSPS) is 13.2. The van der Waals surface area contributed by atoms with Crippen molar-refractivity contribution in [2.45, 2.75) is 25.4 Å². The highest BCUT2D eigenvalue weighted by atomic mass is 16.3. The highest BCUT2D eigenvalue weighted by Crippen LogP contribution is 2.25. The molecular formula is C22H23NO3. The van der Waals surface area contributed by atoms with Gasteiger partial charge < -0.3 is 14.8 Å². The van der Waals surface area contributed by atoms with Crippen LogP contribution in [0.5, 0.6) is 0 Å². The van der Waals surface area contributed by atoms with Crippen LogP contribution in [0.3, 0.4) is 0 Å². The third-order valence-corrected chi connectivity index (χ3v) is 4.36. The summed E-state index contributed by atoms with van der Waals surface area (Å²) >= 11 is 0. The van der Waals surface area contributed by atoms with E-state index in [0.717, 1.165) is 16.7 Å². The van der Waals surface area contributed by atoms with Gasteiger partial charge in [-0.25, -0.2) is 0 Å². The Morgan fingerprint density at radius 3 is 2.35 bits per heavy atom. The molecule has 1 heterocycles. The van der Waals surface area contributed by atoms with E-state index >= 15 is 0 Å². The topological polar surface area (TPSA) is 62.5 Å². The summed E-state index contributed by atoms with van der Waals surface area (Å²) < 4.78 is 5.44. The van der Waals surface area contributed by atoms with Gasteiger partial charge in [-0.1, -0.05) is 60.7 Å². The number of furan rings is 1. The number of benzene rings is 2. The monoisotopic (exact) mass is 349 g/mol. The predicted molar refractivity (Wildman–Crippen MR) is 102 cm³/mol. The van der Waals surface area contributed by atoms with Crippen LogP contribution in [0, 0.1) is 0 Å². The van der Waals surface area contributed by atoms with Crippen molar-refractivity contribution in [3.8, 4) is 11.1 Å². The van der Waals surface area contributed by atoms with E-state index in [0.29, 0.717) is 18.7 Å². The Morgan fingerprint density at radius 1 is 1.04 bits per heavy atom. The fourth-order valence-electron chi connectivity index (χ4n) is 3.10. The van der Waals surface area contributed by atoms with Gasteiger partial charge in [0, 0.05) is 18.0 Å². The summed E-state index contributed by atoms with van der Waals surface area (Å²) in [7, 11) is 0. The number of carbonyl (C=O) groups is 1. The van der Waals surface area contributed by atoms with Crippen LogP contribution < -0.4 is 5.32 Å². The smallest absolute Gasteiger partial charge is 0.287 e. The lowest BCUT2D eigenvalue weighted by molar-refractivity contribution is 0.0919. The maximum Gasteiger partial charge on any atom is 0.287 e. The van der Waals surface area contributed by atoms with E-state index in [1.54, 1.807) is 13.0 Å². The molecular weight excluding hydrogens is 326 g/mol. The number of hydrogen-bond donors (Lipinski definition) is 2. The highest BCUT2D eigenvalue weighted by molar-refractivity contribution is 5.98. The van der Waals surface area contributed by atoms with Gasteiger partial charge in [0.25, 0.3) is 5.91 Å². The number of carbonyl (C=O) groups excluding carboxylic acids is 1. The summed E-state index contributed by atoms with van der Waals surface area (Å²) in [6.45, 7) is 2.19. The summed E-state index contributed by atoms with van der Waals surface area (Å²) in [5.41, 5.74) is 2.81. The fraction of sp³-hybridized carbons (Fsp3) is 0.227. The third kappa shape index (κ3) is 4.41. The molecule has 4 nitrogen and oxygen atoms in total. The van der Waals surface area contributed by atoms with Crippen LogP contribution in [0.2, 0.25) is 0 Å². The van der Waals surface area contributed by atoms with Crippen LogP contribution >= 0.6 is 0 Å². The maximum absolute atomic E-state index is 12.7. The lowest BCUT2D eigenvalue weighted by atomic mass is 9.93. The van der Waals surface area contributed by atoms with Gasteiger partial charge in [-0.05, 0) is 30.5 Å². The van der Waals surface area contributed by atoms with E-state index in [4.69, 9.17) is 4.42 Å². The molecule has 1 aromatic heterocycles. The molecule has 26 heavy (non-hydrogen) atoms. The van der Waals surface area contributed by atoms with Crippen molar-refractivity contribution < 1.29 is 14.3 Å². The van der Waals surface area contributed by atoms with Crippen molar-refractivity contribution in [1.82, 2.24) is 5.32 Å². The van der Waals surface area contributed by atoms with E-state index in [9.17, 15) is 9.90 Å². The first-order valence-corrected chi connectivity index (χ1v) is 8.79. The van der Waals surface area contributed by atoms with Crippen molar-refractivity contribution in [2.75, 3.05) is 6.54 Å². The lowest BCUT2D eigenvalue weighted by Crippen LogP contribution is -2.29. The Hall–Kier alpha value is -2.85. The van der Waals surface area contributed by atoms with Crippen molar-refractivity contribution in [3.05, 3.63) is 84.3 Å². The fourth-order valence-corrected chi connectivity index (χ4v) is 3.10. The van der Waals surface area contributed by atoms with Gasteiger partial charge in [-0.3, -0.25) is 4.79 Å². The molecule has 2 N–H and O–H groups in total. The van der Waals surface area contributed by atoms with Crippen LogP contribution in [0.25, 0.3) is 11.1 Å². The Kier molecular flexibility index (Phi) is 5.87. The van der Waals surface area contributed by atoms with Gasteiger partial charge in [0.15, 0.2) is 5.76 Å². The number of rotatable bonds is 7. The number of aliphatic hydroxyl groups excluding tert-OH is 1. The minimum Gasteiger partial charge on any atom is -0.459 e. The molecule has 2 atom stereocenters. The van der Waals surface area contributed by atoms with Crippen LogP contribution in [0.1, 0.15) is 35.4 Å². The van der Waals surface area contributed by atoms with Crippen LogP contribution in [0.4, 0.5) is 0 Å².